The van der Waals surface area contributed by atoms with E-state index in [2.05, 4.69) is 45.0 Å². The molecule has 2 rings (SSSR count). The first-order valence-corrected chi connectivity index (χ1v) is 10.4. The van der Waals surface area contributed by atoms with Gasteiger partial charge in [0.2, 0.25) is 5.91 Å². The summed E-state index contributed by atoms with van der Waals surface area (Å²) in [5, 5.41) is 2.14. The van der Waals surface area contributed by atoms with Crippen LogP contribution in [0.3, 0.4) is 0 Å². The van der Waals surface area contributed by atoms with Crippen LogP contribution in [0.15, 0.2) is 60.7 Å². The van der Waals surface area contributed by atoms with Gasteiger partial charge < -0.3 is 15.9 Å². The van der Waals surface area contributed by atoms with Crippen molar-refractivity contribution in [2.24, 2.45) is 11.5 Å². The Kier molecular flexibility index (Phi) is 5.82. The molecular weight excluding hydrogens is 328 g/mol. The van der Waals surface area contributed by atoms with Crippen molar-refractivity contribution in [1.29, 1.82) is 0 Å². The minimum absolute atomic E-state index is 0.165. The molecule has 0 aromatic heterocycles. The Morgan fingerprint density at radius 2 is 1.36 bits per heavy atom. The summed E-state index contributed by atoms with van der Waals surface area (Å²) < 4.78 is 6.71. The largest absolute Gasteiger partial charge is 0.403 e. The molecule has 2 aromatic rings. The molecule has 5 heteroatoms. The molecule has 0 bridgehead atoms. The molecule has 134 valence electrons. The smallest absolute Gasteiger partial charge is 0.261 e. The number of carbonyl (C=O) groups is 1. The van der Waals surface area contributed by atoms with E-state index in [1.54, 1.807) is 0 Å². The molecule has 2 atom stereocenters. The van der Waals surface area contributed by atoms with Crippen LogP contribution in [0.25, 0.3) is 0 Å². The topological polar surface area (TPSA) is 78.3 Å². The second kappa shape index (κ2) is 7.52. The zero-order chi connectivity index (χ0) is 18.7. The number of hydrogen-bond donors (Lipinski definition) is 2. The lowest BCUT2D eigenvalue weighted by molar-refractivity contribution is -0.121. The molecule has 4 nitrogen and oxygen atoms in total. The fourth-order valence-electron chi connectivity index (χ4n) is 3.27. The van der Waals surface area contributed by atoms with Crippen molar-refractivity contribution in [3.8, 4) is 0 Å². The summed E-state index contributed by atoms with van der Waals surface area (Å²) in [6, 6.07) is 19.6. The summed E-state index contributed by atoms with van der Waals surface area (Å²) in [6.45, 7) is 8.37. The van der Waals surface area contributed by atoms with Gasteiger partial charge in [-0.2, -0.15) is 0 Å². The second-order valence-electron chi connectivity index (χ2n) is 7.41. The summed E-state index contributed by atoms with van der Waals surface area (Å²) in [7, 11) is -2.71. The molecule has 25 heavy (non-hydrogen) atoms. The Morgan fingerprint density at radius 3 is 1.68 bits per heavy atom. The van der Waals surface area contributed by atoms with Crippen molar-refractivity contribution < 1.29 is 9.22 Å². The highest BCUT2D eigenvalue weighted by Crippen LogP contribution is 2.37. The lowest BCUT2D eigenvalue weighted by Gasteiger charge is -2.45. The van der Waals surface area contributed by atoms with Crippen LogP contribution in [0.2, 0.25) is 5.04 Å². The van der Waals surface area contributed by atoms with E-state index < -0.39 is 26.4 Å². The van der Waals surface area contributed by atoms with E-state index in [0.717, 1.165) is 10.4 Å². The Hall–Kier alpha value is -1.95. The summed E-state index contributed by atoms with van der Waals surface area (Å²) in [5.41, 5.74) is 11.4. The Morgan fingerprint density at radius 1 is 0.960 bits per heavy atom. The van der Waals surface area contributed by atoms with Gasteiger partial charge in [0.05, 0.1) is 6.10 Å². The number of hydrogen-bond acceptors (Lipinski definition) is 3. The summed E-state index contributed by atoms with van der Waals surface area (Å²) in [4.78, 5) is 11.6. The van der Waals surface area contributed by atoms with E-state index in [1.807, 2.05) is 43.3 Å². The van der Waals surface area contributed by atoms with Crippen molar-refractivity contribution in [2.75, 3.05) is 0 Å². The summed E-state index contributed by atoms with van der Waals surface area (Å²) in [6.07, 6.45) is -0.483. The predicted octanol–water partition coefficient (Wildman–Crippen LogP) is 1.76. The predicted molar refractivity (Wildman–Crippen MR) is 105 cm³/mol. The highest BCUT2D eigenvalue weighted by atomic mass is 28.4. The Labute approximate surface area is 151 Å². The molecule has 0 aliphatic carbocycles. The molecule has 0 aliphatic heterocycles. The lowest BCUT2D eigenvalue weighted by atomic mass is 10.2. The standard InChI is InChI=1S/C20H28N2O2Si/c1-15(18(21)19(22)23)24-25(20(2,3)4,16-11-7-5-8-12-16)17-13-9-6-10-14-17/h5-15,18H,21H2,1-4H3,(H2,22,23)/t15-,18+/m1/s1. The van der Waals surface area contributed by atoms with Gasteiger partial charge in [0.25, 0.3) is 8.32 Å². The Balaban J connectivity index is 2.67. The van der Waals surface area contributed by atoms with Crippen LogP contribution in [-0.2, 0) is 9.22 Å². The minimum atomic E-state index is -2.71. The molecule has 0 radical (unpaired) electrons. The third kappa shape index (κ3) is 3.84. The summed E-state index contributed by atoms with van der Waals surface area (Å²) in [5.74, 6) is -0.551. The molecule has 0 spiro atoms. The minimum Gasteiger partial charge on any atom is -0.403 e. The van der Waals surface area contributed by atoms with Crippen LogP contribution in [0.4, 0.5) is 0 Å². The quantitative estimate of drug-likeness (QED) is 0.774. The van der Waals surface area contributed by atoms with Crippen LogP contribution in [-0.4, -0.2) is 26.4 Å². The Bertz CT molecular complexity index is 659. The fourth-order valence-corrected chi connectivity index (χ4v) is 7.99. The molecule has 0 heterocycles. The van der Waals surface area contributed by atoms with Crippen molar-refractivity contribution in [3.63, 3.8) is 0 Å². The number of carbonyl (C=O) groups excluding carboxylic acids is 1. The SMILES string of the molecule is C[C@@H](O[Si](c1ccccc1)(c1ccccc1)C(C)(C)C)[C@H](N)C(N)=O. The van der Waals surface area contributed by atoms with Crippen LogP contribution in [0.5, 0.6) is 0 Å². The summed E-state index contributed by atoms with van der Waals surface area (Å²) >= 11 is 0. The third-order valence-electron chi connectivity index (χ3n) is 4.61. The maximum absolute atomic E-state index is 11.6. The zero-order valence-corrected chi connectivity index (χ0v) is 16.4. The molecule has 0 fully saturated rings. The number of nitrogens with two attached hydrogens (primary N) is 2. The number of rotatable bonds is 6. The van der Waals surface area contributed by atoms with Gasteiger partial charge >= 0.3 is 0 Å². The maximum atomic E-state index is 11.6. The fraction of sp³-hybridized carbons (Fsp3) is 0.350. The van der Waals surface area contributed by atoms with E-state index >= 15 is 0 Å². The zero-order valence-electron chi connectivity index (χ0n) is 15.4. The molecule has 0 saturated heterocycles. The van der Waals surface area contributed by atoms with Crippen LogP contribution in [0.1, 0.15) is 27.7 Å². The maximum Gasteiger partial charge on any atom is 0.261 e. The molecule has 0 aliphatic rings. The van der Waals surface area contributed by atoms with Gasteiger partial charge in [-0.1, -0.05) is 81.4 Å². The molecule has 1 amide bonds. The average molecular weight is 357 g/mol. The van der Waals surface area contributed by atoms with Gasteiger partial charge in [-0.25, -0.2) is 0 Å². The van der Waals surface area contributed by atoms with Gasteiger partial charge in [0, 0.05) is 0 Å². The normalized spacial score (nSPS) is 14.8. The molecular formula is C20H28N2O2Si. The number of primary amides is 1. The first kappa shape index (κ1) is 19.4. The molecule has 0 saturated carbocycles. The van der Waals surface area contributed by atoms with Crippen molar-refractivity contribution in [3.05, 3.63) is 60.7 Å². The van der Waals surface area contributed by atoms with E-state index in [1.165, 1.54) is 0 Å². The van der Waals surface area contributed by atoms with Gasteiger partial charge in [-0.05, 0) is 22.3 Å². The first-order valence-electron chi connectivity index (χ1n) is 8.54. The van der Waals surface area contributed by atoms with Crippen molar-refractivity contribution in [2.45, 2.75) is 44.9 Å². The van der Waals surface area contributed by atoms with Crippen LogP contribution >= 0.6 is 0 Å². The number of amides is 1. The monoisotopic (exact) mass is 356 g/mol. The average Bonchev–Trinajstić information content (AvgIpc) is 2.59. The van der Waals surface area contributed by atoms with E-state index in [0.29, 0.717) is 0 Å². The highest BCUT2D eigenvalue weighted by Gasteiger charge is 2.51. The highest BCUT2D eigenvalue weighted by molar-refractivity contribution is 6.99. The van der Waals surface area contributed by atoms with E-state index in [-0.39, 0.29) is 5.04 Å². The van der Waals surface area contributed by atoms with Gasteiger partial charge in [-0.15, -0.1) is 0 Å². The van der Waals surface area contributed by atoms with Crippen molar-refractivity contribution in [1.82, 2.24) is 0 Å². The van der Waals surface area contributed by atoms with Crippen LogP contribution in [0, 0.1) is 0 Å². The number of benzene rings is 2. The first-order chi connectivity index (χ1) is 11.7. The van der Waals surface area contributed by atoms with E-state index in [9.17, 15) is 4.79 Å². The second-order valence-corrected chi connectivity index (χ2v) is 11.7. The lowest BCUT2D eigenvalue weighted by Crippen LogP contribution is -2.69. The molecule has 0 unspecified atom stereocenters. The van der Waals surface area contributed by atoms with Gasteiger partial charge in [0.1, 0.15) is 6.04 Å². The van der Waals surface area contributed by atoms with Crippen LogP contribution < -0.4 is 21.8 Å². The molecule has 2 aromatic carbocycles. The third-order valence-corrected chi connectivity index (χ3v) is 9.74. The molecule has 4 N–H and O–H groups in total. The van der Waals surface area contributed by atoms with E-state index in [4.69, 9.17) is 15.9 Å². The van der Waals surface area contributed by atoms with Gasteiger partial charge in [0.15, 0.2) is 0 Å². The van der Waals surface area contributed by atoms with Crippen molar-refractivity contribution >= 4 is 24.6 Å². The van der Waals surface area contributed by atoms with Gasteiger partial charge in [-0.3, -0.25) is 4.79 Å².